The topological polar surface area (TPSA) is 49.6 Å². The number of aliphatic imine (C=N–C) groups is 1. The molecule has 7 heteroatoms. The molecule has 0 radical (unpaired) electrons. The number of furan rings is 1. The van der Waals surface area contributed by atoms with Crippen molar-refractivity contribution in [3.63, 3.8) is 0 Å². The average Bonchev–Trinajstić information content (AvgIpc) is 3.09. The van der Waals surface area contributed by atoms with E-state index in [2.05, 4.69) is 21.7 Å². The maximum atomic E-state index is 5.90. The average molecular weight is 440 g/mol. The number of halogens is 2. The first-order valence-electron chi connectivity index (χ1n) is 6.49. The van der Waals surface area contributed by atoms with Crippen molar-refractivity contribution in [3.8, 4) is 0 Å². The Hall–Kier alpha value is -0.730. The van der Waals surface area contributed by atoms with E-state index in [0.717, 1.165) is 42.0 Å². The molecule has 2 heterocycles. The lowest BCUT2D eigenvalue weighted by molar-refractivity contribution is 0.507. The van der Waals surface area contributed by atoms with Gasteiger partial charge < -0.3 is 15.1 Å². The summed E-state index contributed by atoms with van der Waals surface area (Å²) >= 11 is 7.52. The number of rotatable bonds is 6. The van der Waals surface area contributed by atoms with E-state index in [4.69, 9.17) is 16.0 Å². The van der Waals surface area contributed by atoms with E-state index in [-0.39, 0.29) is 24.0 Å². The molecular weight excluding hydrogens is 421 g/mol. The van der Waals surface area contributed by atoms with Crippen LogP contribution in [0.3, 0.4) is 0 Å². The number of nitrogens with one attached hydrogen (secondary N) is 2. The van der Waals surface area contributed by atoms with Gasteiger partial charge in [0.25, 0.3) is 0 Å². The summed E-state index contributed by atoms with van der Waals surface area (Å²) in [6.45, 7) is 1.62. The molecule has 0 aliphatic carbocycles. The molecule has 0 aromatic carbocycles. The van der Waals surface area contributed by atoms with Gasteiger partial charge in [0, 0.05) is 31.4 Å². The molecule has 0 atom stereocenters. The Morgan fingerprint density at radius 1 is 1.24 bits per heavy atom. The normalized spacial score (nSPS) is 11.0. The van der Waals surface area contributed by atoms with Gasteiger partial charge in [-0.2, -0.15) is 0 Å². The van der Waals surface area contributed by atoms with Crippen LogP contribution < -0.4 is 10.6 Å². The van der Waals surface area contributed by atoms with E-state index in [1.54, 1.807) is 24.6 Å². The molecule has 4 nitrogen and oxygen atoms in total. The van der Waals surface area contributed by atoms with Gasteiger partial charge in [0.05, 0.1) is 10.6 Å². The first-order chi connectivity index (χ1) is 9.78. The summed E-state index contributed by atoms with van der Waals surface area (Å²) in [6, 6.07) is 7.85. The number of hydrogen-bond donors (Lipinski definition) is 2. The first-order valence-corrected chi connectivity index (χ1v) is 7.68. The van der Waals surface area contributed by atoms with Crippen LogP contribution in [0, 0.1) is 0 Å². The third-order valence-corrected chi connectivity index (χ3v) is 4.05. The van der Waals surface area contributed by atoms with E-state index in [9.17, 15) is 0 Å². The zero-order valence-corrected chi connectivity index (χ0v) is 15.7. The van der Waals surface area contributed by atoms with Gasteiger partial charge in [-0.25, -0.2) is 0 Å². The molecule has 2 aromatic heterocycles. The summed E-state index contributed by atoms with van der Waals surface area (Å²) < 4.78 is 6.11. The van der Waals surface area contributed by atoms with Gasteiger partial charge in [-0.3, -0.25) is 4.99 Å². The van der Waals surface area contributed by atoms with Crippen molar-refractivity contribution in [2.75, 3.05) is 20.1 Å². The third kappa shape index (κ3) is 6.71. The smallest absolute Gasteiger partial charge is 0.191 e. The summed E-state index contributed by atoms with van der Waals surface area (Å²) in [6.07, 6.45) is 3.47. The van der Waals surface area contributed by atoms with Crippen LogP contribution in [0.15, 0.2) is 39.9 Å². The fourth-order valence-corrected chi connectivity index (χ4v) is 2.86. The van der Waals surface area contributed by atoms with Crippen LogP contribution in [0.2, 0.25) is 4.34 Å². The van der Waals surface area contributed by atoms with Crippen LogP contribution in [-0.2, 0) is 12.8 Å². The predicted octanol–water partition coefficient (Wildman–Crippen LogP) is 3.56. The molecule has 116 valence electrons. The van der Waals surface area contributed by atoms with E-state index in [0.29, 0.717) is 0 Å². The maximum Gasteiger partial charge on any atom is 0.191 e. The van der Waals surface area contributed by atoms with Crippen molar-refractivity contribution in [2.24, 2.45) is 4.99 Å². The highest BCUT2D eigenvalue weighted by atomic mass is 127. The molecule has 0 aliphatic rings. The Balaban J connectivity index is 0.00000220. The molecule has 0 saturated heterocycles. The van der Waals surface area contributed by atoms with Gasteiger partial charge in [0.2, 0.25) is 0 Å². The van der Waals surface area contributed by atoms with Crippen molar-refractivity contribution < 1.29 is 4.42 Å². The van der Waals surface area contributed by atoms with E-state index < -0.39 is 0 Å². The van der Waals surface area contributed by atoms with Crippen LogP contribution in [-0.4, -0.2) is 26.1 Å². The maximum absolute atomic E-state index is 5.90. The molecule has 0 aliphatic heterocycles. The second-order valence-corrected chi connectivity index (χ2v) is 6.01. The molecule has 0 saturated carbocycles. The minimum Gasteiger partial charge on any atom is -0.469 e. The standard InChI is InChI=1S/C14H18ClN3OS.HI/c1-16-14(17-8-6-11-3-2-10-19-11)18-9-7-12-4-5-13(15)20-12;/h2-5,10H,6-9H2,1H3,(H2,16,17,18);1H. The largest absolute Gasteiger partial charge is 0.469 e. The minimum atomic E-state index is 0. The van der Waals surface area contributed by atoms with Crippen molar-refractivity contribution in [2.45, 2.75) is 12.8 Å². The number of guanidine groups is 1. The minimum absolute atomic E-state index is 0. The van der Waals surface area contributed by atoms with Gasteiger partial charge >= 0.3 is 0 Å². The Morgan fingerprint density at radius 2 is 2.00 bits per heavy atom. The molecule has 21 heavy (non-hydrogen) atoms. The monoisotopic (exact) mass is 439 g/mol. The Morgan fingerprint density at radius 3 is 2.57 bits per heavy atom. The van der Waals surface area contributed by atoms with Crippen LogP contribution >= 0.6 is 46.9 Å². The van der Waals surface area contributed by atoms with Crippen LogP contribution in [0.5, 0.6) is 0 Å². The molecule has 0 unspecified atom stereocenters. The molecular formula is C14H19ClIN3OS. The fourth-order valence-electron chi connectivity index (χ4n) is 1.77. The number of hydrogen-bond acceptors (Lipinski definition) is 3. The van der Waals surface area contributed by atoms with Gasteiger partial charge in [0.15, 0.2) is 5.96 Å². The van der Waals surface area contributed by atoms with Crippen LogP contribution in [0.1, 0.15) is 10.6 Å². The number of thiophene rings is 1. The Kier molecular flexibility index (Phi) is 8.79. The highest BCUT2D eigenvalue weighted by Crippen LogP contribution is 2.21. The quantitative estimate of drug-likeness (QED) is 0.411. The summed E-state index contributed by atoms with van der Waals surface area (Å²) in [5.41, 5.74) is 0. The highest BCUT2D eigenvalue weighted by Gasteiger charge is 2.01. The predicted molar refractivity (Wildman–Crippen MR) is 100 cm³/mol. The van der Waals surface area contributed by atoms with E-state index in [1.807, 2.05) is 18.2 Å². The summed E-state index contributed by atoms with van der Waals surface area (Å²) in [5.74, 6) is 1.78. The molecule has 0 bridgehead atoms. The second-order valence-electron chi connectivity index (χ2n) is 4.21. The summed E-state index contributed by atoms with van der Waals surface area (Å²) in [7, 11) is 1.77. The molecule has 2 N–H and O–H groups in total. The molecule has 0 spiro atoms. The van der Waals surface area contributed by atoms with Gasteiger partial charge in [-0.1, -0.05) is 11.6 Å². The molecule has 2 aromatic rings. The van der Waals surface area contributed by atoms with Crippen molar-refractivity contribution in [1.29, 1.82) is 0 Å². The van der Waals surface area contributed by atoms with E-state index >= 15 is 0 Å². The van der Waals surface area contributed by atoms with Gasteiger partial charge in [-0.15, -0.1) is 35.3 Å². The van der Waals surface area contributed by atoms with Crippen molar-refractivity contribution in [1.82, 2.24) is 10.6 Å². The summed E-state index contributed by atoms with van der Waals surface area (Å²) in [5, 5.41) is 6.53. The summed E-state index contributed by atoms with van der Waals surface area (Å²) in [4.78, 5) is 5.46. The van der Waals surface area contributed by atoms with Crippen LogP contribution in [0.4, 0.5) is 0 Å². The molecule has 2 rings (SSSR count). The lowest BCUT2D eigenvalue weighted by atomic mass is 10.3. The molecule has 0 amide bonds. The molecule has 0 fully saturated rings. The van der Waals surface area contributed by atoms with Crippen molar-refractivity contribution >= 4 is 52.9 Å². The van der Waals surface area contributed by atoms with Crippen molar-refractivity contribution in [3.05, 3.63) is 45.5 Å². The lowest BCUT2D eigenvalue weighted by Crippen LogP contribution is -2.39. The number of nitrogens with zero attached hydrogens (tertiary/aromatic N) is 1. The Labute approximate surface area is 151 Å². The third-order valence-electron chi connectivity index (χ3n) is 2.76. The highest BCUT2D eigenvalue weighted by molar-refractivity contribution is 14.0. The SMILES string of the molecule is CN=C(NCCc1ccco1)NCCc1ccc(Cl)s1.I. The zero-order valence-electron chi connectivity index (χ0n) is 11.8. The van der Waals surface area contributed by atoms with Gasteiger partial charge in [-0.05, 0) is 30.7 Å². The zero-order chi connectivity index (χ0) is 14.2. The first kappa shape index (κ1) is 18.3. The second kappa shape index (κ2) is 10.1. The fraction of sp³-hybridized carbons (Fsp3) is 0.357. The Bertz CT molecular complexity index is 542. The lowest BCUT2D eigenvalue weighted by Gasteiger charge is -2.10. The van der Waals surface area contributed by atoms with E-state index in [1.165, 1.54) is 4.88 Å². The van der Waals surface area contributed by atoms with Crippen LogP contribution in [0.25, 0.3) is 0 Å². The van der Waals surface area contributed by atoms with Gasteiger partial charge in [0.1, 0.15) is 5.76 Å².